The summed E-state index contributed by atoms with van der Waals surface area (Å²) in [6.45, 7) is 0. The highest BCUT2D eigenvalue weighted by atomic mass is 35.5. The van der Waals surface area contributed by atoms with Crippen molar-refractivity contribution in [2.45, 2.75) is 25.3 Å². The fourth-order valence-electron chi connectivity index (χ4n) is 1.76. The van der Waals surface area contributed by atoms with E-state index in [4.69, 9.17) is 39.9 Å². The molecule has 0 aliphatic carbocycles. The standard InChI is InChI=1S/C12H15Cl2N3O3/c13-8-5-4-7(9(14)6-8)2-1-3-10(11(15)18)17(16)12(19)20/h4-6,10H,1-3,16H2,(H2,15,18)(H,19,20). The summed E-state index contributed by atoms with van der Waals surface area (Å²) < 4.78 is 0. The highest BCUT2D eigenvalue weighted by Gasteiger charge is 2.24. The van der Waals surface area contributed by atoms with Gasteiger partial charge in [0.15, 0.2) is 0 Å². The van der Waals surface area contributed by atoms with Crippen LogP contribution in [0.5, 0.6) is 0 Å². The van der Waals surface area contributed by atoms with Crippen molar-refractivity contribution in [1.29, 1.82) is 0 Å². The maximum Gasteiger partial charge on any atom is 0.422 e. The van der Waals surface area contributed by atoms with Gasteiger partial charge in [-0.2, -0.15) is 0 Å². The van der Waals surface area contributed by atoms with Crippen LogP contribution in [0, 0.1) is 0 Å². The van der Waals surface area contributed by atoms with Crippen molar-refractivity contribution in [2.24, 2.45) is 11.6 Å². The van der Waals surface area contributed by atoms with E-state index in [1.54, 1.807) is 18.2 Å². The second kappa shape index (κ2) is 7.33. The smallest absolute Gasteiger partial charge is 0.422 e. The highest BCUT2D eigenvalue weighted by Crippen LogP contribution is 2.22. The van der Waals surface area contributed by atoms with E-state index in [1.165, 1.54) is 0 Å². The van der Waals surface area contributed by atoms with Crippen molar-refractivity contribution < 1.29 is 14.7 Å². The van der Waals surface area contributed by atoms with Crippen LogP contribution in [0.3, 0.4) is 0 Å². The van der Waals surface area contributed by atoms with E-state index >= 15 is 0 Å². The van der Waals surface area contributed by atoms with Crippen molar-refractivity contribution in [2.75, 3.05) is 0 Å². The first kappa shape index (κ1) is 16.6. The molecular formula is C12H15Cl2N3O3. The third-order valence-corrected chi connectivity index (χ3v) is 3.41. The first-order valence-electron chi connectivity index (χ1n) is 5.83. The fraction of sp³-hybridized carbons (Fsp3) is 0.333. The Morgan fingerprint density at radius 1 is 1.35 bits per heavy atom. The summed E-state index contributed by atoms with van der Waals surface area (Å²) in [5, 5.41) is 10.2. The van der Waals surface area contributed by atoms with Crippen LogP contribution in [0.15, 0.2) is 18.2 Å². The number of nitrogens with zero attached hydrogens (tertiary/aromatic N) is 1. The van der Waals surface area contributed by atoms with Crippen LogP contribution in [0.25, 0.3) is 0 Å². The number of halogens is 2. The minimum atomic E-state index is -1.40. The Bertz CT molecular complexity index is 511. The normalized spacial score (nSPS) is 11.9. The van der Waals surface area contributed by atoms with Gasteiger partial charge in [-0.1, -0.05) is 29.3 Å². The summed E-state index contributed by atoms with van der Waals surface area (Å²) in [4.78, 5) is 21.9. The number of benzene rings is 1. The van der Waals surface area contributed by atoms with Gasteiger partial charge in [0, 0.05) is 10.0 Å². The second-order valence-electron chi connectivity index (χ2n) is 4.24. The maximum atomic E-state index is 11.2. The fourth-order valence-corrected chi connectivity index (χ4v) is 2.27. The van der Waals surface area contributed by atoms with E-state index in [-0.39, 0.29) is 6.42 Å². The molecule has 0 spiro atoms. The number of nitrogens with two attached hydrogens (primary N) is 2. The maximum absolute atomic E-state index is 11.2. The molecule has 1 aromatic rings. The molecule has 20 heavy (non-hydrogen) atoms. The van der Waals surface area contributed by atoms with E-state index in [2.05, 4.69) is 0 Å². The Hall–Kier alpha value is -1.50. The molecule has 1 rings (SSSR count). The summed E-state index contributed by atoms with van der Waals surface area (Å²) in [6.07, 6.45) is -0.112. The van der Waals surface area contributed by atoms with Gasteiger partial charge < -0.3 is 10.8 Å². The van der Waals surface area contributed by atoms with Crippen LogP contribution in [0.1, 0.15) is 18.4 Å². The Labute approximate surface area is 126 Å². The van der Waals surface area contributed by atoms with E-state index < -0.39 is 18.0 Å². The lowest BCUT2D eigenvalue weighted by molar-refractivity contribution is -0.123. The summed E-state index contributed by atoms with van der Waals surface area (Å²) in [5.74, 6) is 4.50. The molecule has 0 saturated carbocycles. The molecule has 0 fully saturated rings. The summed E-state index contributed by atoms with van der Waals surface area (Å²) >= 11 is 11.8. The first-order chi connectivity index (χ1) is 9.32. The van der Waals surface area contributed by atoms with Gasteiger partial charge in [0.2, 0.25) is 5.91 Å². The molecule has 0 aromatic heterocycles. The molecule has 0 aliphatic heterocycles. The molecule has 2 amide bonds. The highest BCUT2D eigenvalue weighted by molar-refractivity contribution is 6.35. The SMILES string of the molecule is NC(=O)C(CCCc1ccc(Cl)cc1Cl)N(N)C(=O)O. The van der Waals surface area contributed by atoms with Crippen LogP contribution in [0.2, 0.25) is 10.0 Å². The van der Waals surface area contributed by atoms with Crippen LogP contribution in [0.4, 0.5) is 4.79 Å². The molecular weight excluding hydrogens is 305 g/mol. The van der Waals surface area contributed by atoms with Crippen molar-refractivity contribution in [1.82, 2.24) is 5.01 Å². The average molecular weight is 320 g/mol. The van der Waals surface area contributed by atoms with Gasteiger partial charge in [0.1, 0.15) is 6.04 Å². The van der Waals surface area contributed by atoms with Gasteiger partial charge in [0.05, 0.1) is 0 Å². The largest absolute Gasteiger partial charge is 0.464 e. The number of hydrogen-bond donors (Lipinski definition) is 3. The van der Waals surface area contributed by atoms with Gasteiger partial charge >= 0.3 is 6.09 Å². The number of carbonyl (C=O) groups excluding carboxylic acids is 1. The number of carbonyl (C=O) groups is 2. The molecule has 1 atom stereocenters. The number of carboxylic acid groups (broad SMARTS) is 1. The Balaban J connectivity index is 2.61. The molecule has 1 unspecified atom stereocenters. The molecule has 0 saturated heterocycles. The number of rotatable bonds is 6. The average Bonchev–Trinajstić information content (AvgIpc) is 2.35. The van der Waals surface area contributed by atoms with Crippen LogP contribution in [-0.2, 0) is 11.2 Å². The monoisotopic (exact) mass is 319 g/mol. The van der Waals surface area contributed by atoms with E-state index in [1.807, 2.05) is 0 Å². The minimum absolute atomic E-state index is 0.219. The number of hydrogen-bond acceptors (Lipinski definition) is 3. The topological polar surface area (TPSA) is 110 Å². The van der Waals surface area contributed by atoms with Gasteiger partial charge in [-0.25, -0.2) is 15.6 Å². The molecule has 0 heterocycles. The van der Waals surface area contributed by atoms with E-state index in [0.717, 1.165) is 5.56 Å². The van der Waals surface area contributed by atoms with Gasteiger partial charge in [-0.15, -0.1) is 0 Å². The lowest BCUT2D eigenvalue weighted by Gasteiger charge is -2.21. The molecule has 0 aliphatic rings. The molecule has 0 bridgehead atoms. The van der Waals surface area contributed by atoms with Gasteiger partial charge in [-0.3, -0.25) is 4.79 Å². The number of aryl methyl sites for hydroxylation is 1. The zero-order valence-corrected chi connectivity index (χ0v) is 12.1. The zero-order valence-electron chi connectivity index (χ0n) is 10.6. The number of amides is 2. The van der Waals surface area contributed by atoms with Crippen molar-refractivity contribution in [3.05, 3.63) is 33.8 Å². The Morgan fingerprint density at radius 3 is 2.50 bits per heavy atom. The van der Waals surface area contributed by atoms with Gasteiger partial charge in [-0.05, 0) is 37.0 Å². The van der Waals surface area contributed by atoms with E-state index in [0.29, 0.717) is 27.9 Å². The molecule has 0 radical (unpaired) electrons. The minimum Gasteiger partial charge on any atom is -0.464 e. The van der Waals surface area contributed by atoms with Crippen LogP contribution < -0.4 is 11.6 Å². The first-order valence-corrected chi connectivity index (χ1v) is 6.58. The van der Waals surface area contributed by atoms with Gasteiger partial charge in [0.25, 0.3) is 0 Å². The summed E-state index contributed by atoms with van der Waals surface area (Å²) in [7, 11) is 0. The van der Waals surface area contributed by atoms with Crippen molar-refractivity contribution in [3.8, 4) is 0 Å². The quantitative estimate of drug-likeness (QED) is 0.423. The van der Waals surface area contributed by atoms with Crippen molar-refractivity contribution in [3.63, 3.8) is 0 Å². The van der Waals surface area contributed by atoms with Crippen molar-refractivity contribution >= 4 is 35.2 Å². The molecule has 8 heteroatoms. The number of primary amides is 1. The molecule has 6 nitrogen and oxygen atoms in total. The predicted octanol–water partition coefficient (Wildman–Crippen LogP) is 2.02. The third kappa shape index (κ3) is 4.56. The summed E-state index contributed by atoms with van der Waals surface area (Å²) in [5.41, 5.74) is 6.00. The lowest BCUT2D eigenvalue weighted by atomic mass is 10.0. The van der Waals surface area contributed by atoms with Crippen LogP contribution >= 0.6 is 23.2 Å². The zero-order chi connectivity index (χ0) is 15.3. The van der Waals surface area contributed by atoms with Crippen LogP contribution in [-0.4, -0.2) is 28.2 Å². The second-order valence-corrected chi connectivity index (χ2v) is 5.08. The summed E-state index contributed by atoms with van der Waals surface area (Å²) in [6, 6.07) is 4.05. The van der Waals surface area contributed by atoms with E-state index in [9.17, 15) is 9.59 Å². The third-order valence-electron chi connectivity index (χ3n) is 2.82. The Morgan fingerprint density at radius 2 is 2.00 bits per heavy atom. The lowest BCUT2D eigenvalue weighted by Crippen LogP contribution is -2.51. The number of hydrazine groups is 1. The molecule has 1 aromatic carbocycles. The molecule has 5 N–H and O–H groups in total. The molecule has 110 valence electrons. The predicted molar refractivity (Wildman–Crippen MR) is 76.4 cm³/mol. The Kier molecular flexibility index (Phi) is 6.06.